The maximum absolute atomic E-state index is 5.33. The van der Waals surface area contributed by atoms with Gasteiger partial charge < -0.3 is 15.4 Å². The molecule has 0 bridgehead atoms. The molecule has 0 aliphatic rings. The third-order valence-corrected chi connectivity index (χ3v) is 2.09. The molecule has 0 aliphatic heterocycles. The predicted octanol–water partition coefficient (Wildman–Crippen LogP) is 2.16. The number of nitrogens with one attached hydrogen (secondary N) is 2. The lowest BCUT2D eigenvalue weighted by molar-refractivity contribution is 0.312. The molecule has 0 fully saturated rings. The summed E-state index contributed by atoms with van der Waals surface area (Å²) in [6.07, 6.45) is 1.02. The fraction of sp³-hybridized carbons (Fsp3) is 0.750. The molecule has 1 aromatic rings. The van der Waals surface area contributed by atoms with Crippen molar-refractivity contribution in [3.8, 4) is 6.01 Å². The fourth-order valence-electron chi connectivity index (χ4n) is 1.24. The predicted molar refractivity (Wildman–Crippen MR) is 73.1 cm³/mol. The number of aromatic nitrogens is 3. The van der Waals surface area contributed by atoms with Gasteiger partial charge in [0.1, 0.15) is 0 Å². The Balaban J connectivity index is 2.76. The van der Waals surface area contributed by atoms with Gasteiger partial charge in [0.2, 0.25) is 11.9 Å². The van der Waals surface area contributed by atoms with Crippen molar-refractivity contribution in [3.63, 3.8) is 0 Å². The summed E-state index contributed by atoms with van der Waals surface area (Å²) in [5, 5.41) is 6.32. The zero-order chi connectivity index (χ0) is 13.4. The molecule has 102 valence electrons. The third kappa shape index (κ3) is 5.16. The molecule has 1 rings (SSSR count). The maximum atomic E-state index is 5.33. The highest BCUT2D eigenvalue weighted by Gasteiger charge is 2.07. The second-order valence-electron chi connectivity index (χ2n) is 4.40. The van der Waals surface area contributed by atoms with Gasteiger partial charge >= 0.3 is 6.01 Å². The Labute approximate surface area is 109 Å². The van der Waals surface area contributed by atoms with Crippen LogP contribution in [0.15, 0.2) is 0 Å². The summed E-state index contributed by atoms with van der Waals surface area (Å²) in [5.41, 5.74) is 0. The summed E-state index contributed by atoms with van der Waals surface area (Å²) in [5.74, 6) is 1.65. The van der Waals surface area contributed by atoms with Crippen molar-refractivity contribution in [1.82, 2.24) is 15.0 Å². The Morgan fingerprint density at radius 2 is 1.72 bits per heavy atom. The minimum absolute atomic E-state index is 0.359. The minimum Gasteiger partial charge on any atom is -0.464 e. The molecule has 0 amide bonds. The fourth-order valence-corrected chi connectivity index (χ4v) is 1.24. The first-order valence-electron chi connectivity index (χ1n) is 6.52. The van der Waals surface area contributed by atoms with Crippen molar-refractivity contribution in [2.24, 2.45) is 5.92 Å². The molecule has 6 heteroatoms. The number of anilines is 2. The van der Waals surface area contributed by atoms with Crippen molar-refractivity contribution in [2.45, 2.75) is 34.1 Å². The molecule has 6 nitrogen and oxygen atoms in total. The number of hydrogen-bond acceptors (Lipinski definition) is 6. The van der Waals surface area contributed by atoms with E-state index in [0.29, 0.717) is 30.4 Å². The van der Waals surface area contributed by atoms with Crippen molar-refractivity contribution in [1.29, 1.82) is 0 Å². The Bertz CT molecular complexity index is 356. The van der Waals surface area contributed by atoms with E-state index in [-0.39, 0.29) is 0 Å². The Morgan fingerprint density at radius 1 is 1.06 bits per heavy atom. The van der Waals surface area contributed by atoms with Crippen LogP contribution in [0.5, 0.6) is 6.01 Å². The topological polar surface area (TPSA) is 72.0 Å². The van der Waals surface area contributed by atoms with Gasteiger partial charge in [-0.25, -0.2) is 0 Å². The van der Waals surface area contributed by atoms with Gasteiger partial charge in [-0.05, 0) is 19.3 Å². The van der Waals surface area contributed by atoms with Gasteiger partial charge in [0.15, 0.2) is 0 Å². The molecular formula is C12H23N5O. The molecule has 1 aromatic heterocycles. The second-order valence-corrected chi connectivity index (χ2v) is 4.40. The van der Waals surface area contributed by atoms with Crippen LogP contribution < -0.4 is 15.4 Å². The largest absolute Gasteiger partial charge is 0.464 e. The van der Waals surface area contributed by atoms with Crippen LogP contribution >= 0.6 is 0 Å². The van der Waals surface area contributed by atoms with E-state index < -0.39 is 0 Å². The SMILES string of the molecule is CCCNc1nc(NCC(C)C)nc(OCC)n1. The lowest BCUT2D eigenvalue weighted by Gasteiger charge is -2.10. The summed E-state index contributed by atoms with van der Waals surface area (Å²) < 4.78 is 5.33. The quantitative estimate of drug-likeness (QED) is 0.739. The highest BCUT2D eigenvalue weighted by Crippen LogP contribution is 2.11. The van der Waals surface area contributed by atoms with Crippen molar-refractivity contribution in [3.05, 3.63) is 0 Å². The first kappa shape index (κ1) is 14.5. The van der Waals surface area contributed by atoms with Crippen LogP contribution in [0.1, 0.15) is 34.1 Å². The van der Waals surface area contributed by atoms with Crippen molar-refractivity contribution < 1.29 is 4.74 Å². The first-order valence-corrected chi connectivity index (χ1v) is 6.52. The zero-order valence-electron chi connectivity index (χ0n) is 11.7. The third-order valence-electron chi connectivity index (χ3n) is 2.09. The number of nitrogens with zero attached hydrogens (tertiary/aromatic N) is 3. The molecule has 0 aliphatic carbocycles. The average Bonchev–Trinajstić information content (AvgIpc) is 2.34. The monoisotopic (exact) mass is 253 g/mol. The van der Waals surface area contributed by atoms with Crippen LogP contribution in [-0.2, 0) is 0 Å². The highest BCUT2D eigenvalue weighted by molar-refractivity contribution is 5.35. The summed E-state index contributed by atoms with van der Waals surface area (Å²) in [7, 11) is 0. The zero-order valence-corrected chi connectivity index (χ0v) is 11.7. The van der Waals surface area contributed by atoms with E-state index in [9.17, 15) is 0 Å². The molecule has 0 radical (unpaired) electrons. The molecule has 1 heterocycles. The lowest BCUT2D eigenvalue weighted by Crippen LogP contribution is -2.14. The molecule has 0 unspecified atom stereocenters. The summed E-state index contributed by atoms with van der Waals surface area (Å²) in [6.45, 7) is 10.5. The molecule has 18 heavy (non-hydrogen) atoms. The van der Waals surface area contributed by atoms with E-state index in [2.05, 4.69) is 46.4 Å². The number of rotatable bonds is 8. The van der Waals surface area contributed by atoms with Crippen LogP contribution in [0.2, 0.25) is 0 Å². The van der Waals surface area contributed by atoms with Crippen LogP contribution in [-0.4, -0.2) is 34.6 Å². The highest BCUT2D eigenvalue weighted by atomic mass is 16.5. The van der Waals surface area contributed by atoms with Gasteiger partial charge in [-0.3, -0.25) is 0 Å². The van der Waals surface area contributed by atoms with Crippen LogP contribution in [0.25, 0.3) is 0 Å². The summed E-state index contributed by atoms with van der Waals surface area (Å²) >= 11 is 0. The maximum Gasteiger partial charge on any atom is 0.323 e. The minimum atomic E-state index is 0.359. The summed E-state index contributed by atoms with van der Waals surface area (Å²) in [6, 6.07) is 0.359. The van der Waals surface area contributed by atoms with Crippen molar-refractivity contribution in [2.75, 3.05) is 30.3 Å². The van der Waals surface area contributed by atoms with E-state index in [1.165, 1.54) is 0 Å². The molecular weight excluding hydrogens is 230 g/mol. The normalized spacial score (nSPS) is 10.5. The van der Waals surface area contributed by atoms with E-state index in [1.807, 2.05) is 6.92 Å². The second kappa shape index (κ2) is 7.68. The standard InChI is InChI=1S/C12H23N5O/c1-5-7-13-10-15-11(14-8-9(3)4)17-12(16-10)18-6-2/h9H,5-8H2,1-4H3,(H2,13,14,15,16,17). The Kier molecular flexibility index (Phi) is 6.18. The van der Waals surface area contributed by atoms with E-state index in [0.717, 1.165) is 19.5 Å². The lowest BCUT2D eigenvalue weighted by atomic mass is 10.2. The van der Waals surface area contributed by atoms with E-state index >= 15 is 0 Å². The van der Waals surface area contributed by atoms with Gasteiger partial charge in [0.05, 0.1) is 6.61 Å². The molecule has 0 atom stereocenters. The Hall–Kier alpha value is -1.59. The van der Waals surface area contributed by atoms with Crippen LogP contribution in [0.4, 0.5) is 11.9 Å². The average molecular weight is 253 g/mol. The van der Waals surface area contributed by atoms with Gasteiger partial charge in [0.25, 0.3) is 0 Å². The van der Waals surface area contributed by atoms with Gasteiger partial charge in [0, 0.05) is 13.1 Å². The van der Waals surface area contributed by atoms with Crippen LogP contribution in [0, 0.1) is 5.92 Å². The first-order chi connectivity index (χ1) is 8.65. The van der Waals surface area contributed by atoms with E-state index in [4.69, 9.17) is 4.74 Å². The van der Waals surface area contributed by atoms with Crippen molar-refractivity contribution >= 4 is 11.9 Å². The smallest absolute Gasteiger partial charge is 0.323 e. The summed E-state index contributed by atoms with van der Waals surface area (Å²) in [4.78, 5) is 12.7. The van der Waals surface area contributed by atoms with E-state index in [1.54, 1.807) is 0 Å². The number of hydrogen-bond donors (Lipinski definition) is 2. The molecule has 0 aromatic carbocycles. The van der Waals surface area contributed by atoms with Gasteiger partial charge in [-0.2, -0.15) is 15.0 Å². The number of ether oxygens (including phenoxy) is 1. The molecule has 0 saturated heterocycles. The molecule has 0 spiro atoms. The molecule has 0 saturated carbocycles. The Morgan fingerprint density at radius 3 is 2.28 bits per heavy atom. The van der Waals surface area contributed by atoms with Gasteiger partial charge in [-0.15, -0.1) is 0 Å². The molecule has 2 N–H and O–H groups in total. The van der Waals surface area contributed by atoms with Crippen LogP contribution in [0.3, 0.4) is 0 Å². The van der Waals surface area contributed by atoms with Gasteiger partial charge in [-0.1, -0.05) is 20.8 Å².